The van der Waals surface area contributed by atoms with Gasteiger partial charge in [-0.3, -0.25) is 9.59 Å². The molecular formula is C25H29NO6. The molecule has 0 heterocycles. The Bertz CT molecular complexity index is 948. The highest BCUT2D eigenvalue weighted by molar-refractivity contribution is 5.79. The summed E-state index contributed by atoms with van der Waals surface area (Å²) >= 11 is 0. The molecule has 0 bridgehead atoms. The van der Waals surface area contributed by atoms with Crippen LogP contribution in [0.1, 0.15) is 50.7 Å². The molecule has 170 valence electrons. The monoisotopic (exact) mass is 439 g/mol. The zero-order valence-electron chi connectivity index (χ0n) is 18.6. The van der Waals surface area contributed by atoms with Crippen molar-refractivity contribution in [3.8, 4) is 11.1 Å². The summed E-state index contributed by atoms with van der Waals surface area (Å²) in [5.41, 5.74) is 3.83. The van der Waals surface area contributed by atoms with Crippen LogP contribution in [0, 0.1) is 5.92 Å². The van der Waals surface area contributed by atoms with Crippen LogP contribution in [0.5, 0.6) is 0 Å². The highest BCUT2D eigenvalue weighted by Gasteiger charge is 2.29. The number of aliphatic carboxylic acids is 1. The number of carboxylic acid groups (broad SMARTS) is 1. The Balaban J connectivity index is 1.52. The van der Waals surface area contributed by atoms with Crippen LogP contribution in [-0.4, -0.2) is 41.9 Å². The number of amides is 1. The minimum absolute atomic E-state index is 0.0411. The van der Waals surface area contributed by atoms with Gasteiger partial charge in [0.15, 0.2) is 0 Å². The first-order valence-corrected chi connectivity index (χ1v) is 10.7. The minimum atomic E-state index is -1.09. The topological polar surface area (TPSA) is 102 Å². The van der Waals surface area contributed by atoms with E-state index < -0.39 is 29.6 Å². The van der Waals surface area contributed by atoms with Crippen LogP contribution in [0.15, 0.2) is 48.5 Å². The lowest BCUT2D eigenvalue weighted by Crippen LogP contribution is -2.34. The van der Waals surface area contributed by atoms with Gasteiger partial charge in [0.25, 0.3) is 0 Å². The number of hydrogen-bond donors (Lipinski definition) is 2. The van der Waals surface area contributed by atoms with E-state index in [1.807, 2.05) is 36.4 Å². The Hall–Kier alpha value is -3.35. The highest BCUT2D eigenvalue weighted by Crippen LogP contribution is 2.44. The van der Waals surface area contributed by atoms with E-state index >= 15 is 0 Å². The number of carboxylic acids is 1. The molecule has 0 unspecified atom stereocenters. The number of esters is 1. The van der Waals surface area contributed by atoms with Crippen LogP contribution in [0.3, 0.4) is 0 Å². The molecule has 0 aromatic heterocycles. The van der Waals surface area contributed by atoms with Gasteiger partial charge in [-0.25, -0.2) is 4.79 Å². The van der Waals surface area contributed by atoms with Crippen molar-refractivity contribution in [3.63, 3.8) is 0 Å². The maximum atomic E-state index is 12.3. The summed E-state index contributed by atoms with van der Waals surface area (Å²) in [6.07, 6.45) is -0.663. The fourth-order valence-electron chi connectivity index (χ4n) is 3.85. The molecular weight excluding hydrogens is 410 g/mol. The van der Waals surface area contributed by atoms with Gasteiger partial charge in [-0.1, -0.05) is 48.5 Å². The lowest BCUT2D eigenvalue weighted by atomic mass is 9.98. The quantitative estimate of drug-likeness (QED) is 0.593. The second-order valence-corrected chi connectivity index (χ2v) is 8.87. The van der Waals surface area contributed by atoms with Gasteiger partial charge in [0, 0.05) is 18.9 Å². The molecule has 0 saturated carbocycles. The molecule has 0 fully saturated rings. The first-order valence-electron chi connectivity index (χ1n) is 10.7. The second-order valence-electron chi connectivity index (χ2n) is 8.87. The van der Waals surface area contributed by atoms with Gasteiger partial charge in [0.2, 0.25) is 0 Å². The molecule has 1 aliphatic rings. The predicted octanol–water partition coefficient (Wildman–Crippen LogP) is 4.35. The van der Waals surface area contributed by atoms with Gasteiger partial charge in [-0.2, -0.15) is 0 Å². The molecule has 0 aliphatic heterocycles. The third kappa shape index (κ3) is 5.87. The van der Waals surface area contributed by atoms with Crippen LogP contribution >= 0.6 is 0 Å². The molecule has 1 aliphatic carbocycles. The van der Waals surface area contributed by atoms with Crippen LogP contribution in [-0.2, 0) is 19.1 Å². The summed E-state index contributed by atoms with van der Waals surface area (Å²) in [5, 5.41) is 11.9. The number of rotatable bonds is 8. The van der Waals surface area contributed by atoms with E-state index in [-0.39, 0.29) is 31.9 Å². The average Bonchev–Trinajstić information content (AvgIpc) is 3.04. The Morgan fingerprint density at radius 3 is 2.09 bits per heavy atom. The van der Waals surface area contributed by atoms with E-state index in [1.165, 1.54) is 0 Å². The smallest absolute Gasteiger partial charge is 0.407 e. The van der Waals surface area contributed by atoms with Crippen molar-refractivity contribution >= 4 is 18.0 Å². The fourth-order valence-corrected chi connectivity index (χ4v) is 3.85. The number of carbonyl (C=O) groups excluding carboxylic acids is 2. The van der Waals surface area contributed by atoms with E-state index in [9.17, 15) is 19.5 Å². The number of nitrogens with one attached hydrogen (secondary N) is 1. The molecule has 0 radical (unpaired) electrons. The van der Waals surface area contributed by atoms with Gasteiger partial charge in [-0.15, -0.1) is 0 Å². The highest BCUT2D eigenvalue weighted by atomic mass is 16.6. The van der Waals surface area contributed by atoms with Crippen LogP contribution in [0.4, 0.5) is 4.79 Å². The maximum absolute atomic E-state index is 12.3. The molecule has 3 rings (SSSR count). The molecule has 2 N–H and O–H groups in total. The van der Waals surface area contributed by atoms with Crippen LogP contribution in [0.2, 0.25) is 0 Å². The summed E-state index contributed by atoms with van der Waals surface area (Å²) in [6.45, 7) is 5.26. The number of fused-ring (bicyclic) bond motifs is 3. The summed E-state index contributed by atoms with van der Waals surface area (Å²) in [5.74, 6) is -2.55. The molecule has 0 saturated heterocycles. The van der Waals surface area contributed by atoms with Crippen molar-refractivity contribution in [2.75, 3.05) is 13.2 Å². The largest absolute Gasteiger partial charge is 0.481 e. The van der Waals surface area contributed by atoms with Crippen molar-refractivity contribution < 1.29 is 29.0 Å². The summed E-state index contributed by atoms with van der Waals surface area (Å²) in [4.78, 5) is 35.6. The van der Waals surface area contributed by atoms with E-state index in [0.717, 1.165) is 22.3 Å². The Morgan fingerprint density at radius 2 is 1.56 bits per heavy atom. The van der Waals surface area contributed by atoms with Gasteiger partial charge in [0.05, 0.1) is 5.92 Å². The van der Waals surface area contributed by atoms with Crippen molar-refractivity contribution in [2.45, 2.75) is 45.1 Å². The first-order chi connectivity index (χ1) is 15.2. The average molecular weight is 440 g/mol. The molecule has 7 heteroatoms. The lowest BCUT2D eigenvalue weighted by Gasteiger charge is -2.20. The first kappa shape index (κ1) is 23.3. The molecule has 2 aromatic carbocycles. The Kier molecular flexibility index (Phi) is 7.18. The number of alkyl carbamates (subject to hydrolysis) is 1. The molecule has 1 atom stereocenters. The van der Waals surface area contributed by atoms with Gasteiger partial charge in [0.1, 0.15) is 12.2 Å². The van der Waals surface area contributed by atoms with E-state index in [1.54, 1.807) is 20.8 Å². The van der Waals surface area contributed by atoms with Gasteiger partial charge >= 0.3 is 18.0 Å². The molecule has 32 heavy (non-hydrogen) atoms. The number of hydrogen-bond acceptors (Lipinski definition) is 5. The van der Waals surface area contributed by atoms with E-state index in [2.05, 4.69) is 17.4 Å². The van der Waals surface area contributed by atoms with Crippen LogP contribution < -0.4 is 5.32 Å². The van der Waals surface area contributed by atoms with Crippen LogP contribution in [0.25, 0.3) is 11.1 Å². The second kappa shape index (κ2) is 9.85. The maximum Gasteiger partial charge on any atom is 0.407 e. The van der Waals surface area contributed by atoms with Crippen molar-refractivity contribution in [3.05, 3.63) is 59.7 Å². The number of ether oxygens (including phenoxy) is 2. The third-order valence-corrected chi connectivity index (χ3v) is 5.30. The van der Waals surface area contributed by atoms with E-state index in [4.69, 9.17) is 9.47 Å². The van der Waals surface area contributed by atoms with Crippen molar-refractivity contribution in [1.29, 1.82) is 0 Å². The number of carbonyl (C=O) groups is 3. The Labute approximate surface area is 187 Å². The van der Waals surface area contributed by atoms with Crippen molar-refractivity contribution in [2.24, 2.45) is 5.92 Å². The molecule has 0 spiro atoms. The fraction of sp³-hybridized carbons (Fsp3) is 0.400. The SMILES string of the molecule is CC(C)(C)OC(=O)CC[C@@H](CNC(=O)OCC1c2ccccc2-c2ccccc21)C(=O)O. The molecule has 7 nitrogen and oxygen atoms in total. The normalized spacial score (nSPS) is 13.6. The van der Waals surface area contributed by atoms with Gasteiger partial charge < -0.3 is 19.9 Å². The predicted molar refractivity (Wildman–Crippen MR) is 119 cm³/mol. The van der Waals surface area contributed by atoms with Gasteiger partial charge in [-0.05, 0) is 49.4 Å². The van der Waals surface area contributed by atoms with Crippen molar-refractivity contribution in [1.82, 2.24) is 5.32 Å². The third-order valence-electron chi connectivity index (χ3n) is 5.30. The minimum Gasteiger partial charge on any atom is -0.481 e. The number of benzene rings is 2. The van der Waals surface area contributed by atoms with E-state index in [0.29, 0.717) is 0 Å². The zero-order chi connectivity index (χ0) is 23.3. The molecule has 2 aromatic rings. The standard InChI is InChI=1S/C25H29NO6/c1-25(2,3)32-22(27)13-12-16(23(28)29)14-26-24(30)31-15-21-19-10-6-4-8-17(19)18-9-5-7-11-20(18)21/h4-11,16,21H,12-15H2,1-3H3,(H,26,30)(H,28,29)/t16-/m0/s1. The Morgan fingerprint density at radius 1 is 1.00 bits per heavy atom. The lowest BCUT2D eigenvalue weighted by molar-refractivity contribution is -0.155. The summed E-state index contributed by atoms with van der Waals surface area (Å²) < 4.78 is 10.6. The zero-order valence-corrected chi connectivity index (χ0v) is 18.6. The summed E-state index contributed by atoms with van der Waals surface area (Å²) in [6, 6.07) is 16.0. The summed E-state index contributed by atoms with van der Waals surface area (Å²) in [7, 11) is 0. The molecule has 1 amide bonds.